The molecule has 0 aliphatic carbocycles. The number of fused-ring (bicyclic) bond motifs is 1. The fourth-order valence-corrected chi connectivity index (χ4v) is 3.66. The SMILES string of the molecule is COc1cc(Br)c(CSc2nc3c(C#N)cnn3c(=O)[nH]2)cc1OC. The molecule has 0 bridgehead atoms. The molecule has 8 nitrogen and oxygen atoms in total. The molecule has 1 N–H and O–H groups in total. The van der Waals surface area contributed by atoms with Crippen LogP contribution in [0.15, 0.2) is 32.8 Å². The quantitative estimate of drug-likeness (QED) is 0.630. The van der Waals surface area contributed by atoms with Crippen molar-refractivity contribution in [2.45, 2.75) is 10.9 Å². The highest BCUT2D eigenvalue weighted by Crippen LogP contribution is 2.35. The maximum absolute atomic E-state index is 12.0. The summed E-state index contributed by atoms with van der Waals surface area (Å²) in [5, 5.41) is 13.3. The zero-order chi connectivity index (χ0) is 18.0. The monoisotopic (exact) mass is 421 g/mol. The third-order valence-electron chi connectivity index (χ3n) is 3.39. The zero-order valence-electron chi connectivity index (χ0n) is 13.2. The van der Waals surface area contributed by atoms with Crippen molar-refractivity contribution in [3.63, 3.8) is 0 Å². The second kappa shape index (κ2) is 7.16. The van der Waals surface area contributed by atoms with Gasteiger partial charge in [-0.1, -0.05) is 27.7 Å². The first kappa shape index (κ1) is 17.3. The first-order valence-corrected chi connectivity index (χ1v) is 8.76. The lowest BCUT2D eigenvalue weighted by Crippen LogP contribution is -2.19. The number of hydrogen-bond donors (Lipinski definition) is 1. The number of thioether (sulfide) groups is 1. The third-order valence-corrected chi connectivity index (χ3v) is 5.06. The molecule has 0 fully saturated rings. The normalized spacial score (nSPS) is 10.6. The average Bonchev–Trinajstić information content (AvgIpc) is 3.04. The van der Waals surface area contributed by atoms with Gasteiger partial charge in [-0.15, -0.1) is 0 Å². The maximum Gasteiger partial charge on any atom is 0.350 e. The van der Waals surface area contributed by atoms with Crippen LogP contribution in [0.2, 0.25) is 0 Å². The lowest BCUT2D eigenvalue weighted by Gasteiger charge is -2.11. The lowest BCUT2D eigenvalue weighted by molar-refractivity contribution is 0.354. The fourth-order valence-electron chi connectivity index (χ4n) is 2.17. The summed E-state index contributed by atoms with van der Waals surface area (Å²) < 4.78 is 12.5. The van der Waals surface area contributed by atoms with Gasteiger partial charge in [0.15, 0.2) is 22.3 Å². The Morgan fingerprint density at radius 2 is 2.08 bits per heavy atom. The molecule has 3 aromatic rings. The van der Waals surface area contributed by atoms with Crippen molar-refractivity contribution in [2.24, 2.45) is 0 Å². The number of methoxy groups -OCH3 is 2. The van der Waals surface area contributed by atoms with Gasteiger partial charge in [-0.25, -0.2) is 9.78 Å². The second-order valence-electron chi connectivity index (χ2n) is 4.84. The minimum Gasteiger partial charge on any atom is -0.493 e. The summed E-state index contributed by atoms with van der Waals surface area (Å²) in [4.78, 5) is 19.0. The molecule has 128 valence electrons. The molecule has 0 atom stereocenters. The number of ether oxygens (including phenoxy) is 2. The van der Waals surface area contributed by atoms with Crippen molar-refractivity contribution in [1.29, 1.82) is 5.26 Å². The van der Waals surface area contributed by atoms with Gasteiger partial charge >= 0.3 is 5.69 Å². The fraction of sp³-hybridized carbons (Fsp3) is 0.200. The summed E-state index contributed by atoms with van der Waals surface area (Å²) in [6.45, 7) is 0. The number of benzene rings is 1. The summed E-state index contributed by atoms with van der Waals surface area (Å²) in [6.07, 6.45) is 1.32. The van der Waals surface area contributed by atoms with E-state index in [1.54, 1.807) is 14.2 Å². The number of halogens is 1. The number of nitriles is 1. The molecule has 25 heavy (non-hydrogen) atoms. The van der Waals surface area contributed by atoms with Crippen LogP contribution in [-0.4, -0.2) is 33.8 Å². The molecule has 0 saturated carbocycles. The molecule has 2 heterocycles. The van der Waals surface area contributed by atoms with Crippen LogP contribution in [0.25, 0.3) is 5.65 Å². The number of H-pyrrole nitrogens is 1. The first-order valence-electron chi connectivity index (χ1n) is 6.98. The number of aromatic amines is 1. The predicted octanol–water partition coefficient (Wildman–Crippen LogP) is 2.36. The van der Waals surface area contributed by atoms with Crippen LogP contribution in [0.4, 0.5) is 0 Å². The van der Waals surface area contributed by atoms with E-state index in [9.17, 15) is 4.79 Å². The molecule has 0 spiro atoms. The molecule has 1 aromatic carbocycles. The van der Waals surface area contributed by atoms with E-state index in [2.05, 4.69) is 31.0 Å². The molecular formula is C15H12BrN5O3S. The molecule has 0 amide bonds. The van der Waals surface area contributed by atoms with E-state index in [-0.39, 0.29) is 11.2 Å². The standard InChI is InChI=1S/C15H12BrN5O3S/c1-23-11-3-8(10(16)4-12(11)24-2)7-25-14-19-13-9(5-17)6-18-21(13)15(22)20-14/h3-4,6H,7H2,1-2H3,(H,19,20,22). The van der Waals surface area contributed by atoms with E-state index in [0.29, 0.717) is 22.4 Å². The van der Waals surface area contributed by atoms with Crippen LogP contribution >= 0.6 is 27.7 Å². The van der Waals surface area contributed by atoms with Gasteiger partial charge in [0.1, 0.15) is 11.6 Å². The summed E-state index contributed by atoms with van der Waals surface area (Å²) in [7, 11) is 3.14. The summed E-state index contributed by atoms with van der Waals surface area (Å²) in [6, 6.07) is 5.64. The Bertz CT molecular complexity index is 1040. The van der Waals surface area contributed by atoms with E-state index in [4.69, 9.17) is 14.7 Å². The molecule has 10 heteroatoms. The van der Waals surface area contributed by atoms with Crippen LogP contribution < -0.4 is 15.2 Å². The molecule has 2 aromatic heterocycles. The molecular weight excluding hydrogens is 410 g/mol. The molecule has 0 unspecified atom stereocenters. The van der Waals surface area contributed by atoms with Gasteiger partial charge in [-0.2, -0.15) is 14.9 Å². The van der Waals surface area contributed by atoms with Gasteiger partial charge in [0.2, 0.25) is 0 Å². The lowest BCUT2D eigenvalue weighted by atomic mass is 10.2. The summed E-state index contributed by atoms with van der Waals surface area (Å²) in [5.41, 5.74) is 0.986. The smallest absolute Gasteiger partial charge is 0.350 e. The number of nitrogens with zero attached hydrogens (tertiary/aromatic N) is 4. The van der Waals surface area contributed by atoms with Crippen LogP contribution in [0, 0.1) is 11.3 Å². The van der Waals surface area contributed by atoms with Crippen molar-refractivity contribution in [3.05, 3.63) is 44.4 Å². The van der Waals surface area contributed by atoms with E-state index < -0.39 is 5.69 Å². The molecule has 0 radical (unpaired) electrons. The van der Waals surface area contributed by atoms with E-state index >= 15 is 0 Å². The van der Waals surface area contributed by atoms with E-state index in [1.165, 1.54) is 18.0 Å². The minimum atomic E-state index is -0.444. The number of hydrogen-bond acceptors (Lipinski definition) is 7. The highest BCUT2D eigenvalue weighted by Gasteiger charge is 2.13. The molecule has 0 aliphatic rings. The summed E-state index contributed by atoms with van der Waals surface area (Å²) >= 11 is 4.83. The first-order chi connectivity index (χ1) is 12.1. The Kier molecular flexibility index (Phi) is 4.96. The largest absolute Gasteiger partial charge is 0.493 e. The Morgan fingerprint density at radius 1 is 1.36 bits per heavy atom. The van der Waals surface area contributed by atoms with E-state index in [1.807, 2.05) is 18.2 Å². The number of aromatic nitrogens is 4. The van der Waals surface area contributed by atoms with Gasteiger partial charge in [0.05, 0.1) is 20.4 Å². The van der Waals surface area contributed by atoms with Crippen molar-refractivity contribution < 1.29 is 9.47 Å². The predicted molar refractivity (Wildman–Crippen MR) is 95.1 cm³/mol. The number of rotatable bonds is 5. The number of nitrogens with one attached hydrogen (secondary N) is 1. The van der Waals surface area contributed by atoms with E-state index in [0.717, 1.165) is 14.6 Å². The van der Waals surface area contributed by atoms with Crippen molar-refractivity contribution in [2.75, 3.05) is 14.2 Å². The van der Waals surface area contributed by atoms with Gasteiger partial charge in [-0.3, -0.25) is 4.98 Å². The van der Waals surface area contributed by atoms with Crippen molar-refractivity contribution in [3.8, 4) is 17.6 Å². The second-order valence-corrected chi connectivity index (χ2v) is 6.66. The van der Waals surface area contributed by atoms with Gasteiger partial charge in [-0.05, 0) is 17.7 Å². The summed E-state index contributed by atoms with van der Waals surface area (Å²) in [5.74, 6) is 1.76. The third kappa shape index (κ3) is 3.33. The van der Waals surface area contributed by atoms with Crippen LogP contribution in [0.3, 0.4) is 0 Å². The van der Waals surface area contributed by atoms with Crippen LogP contribution in [0.5, 0.6) is 11.5 Å². The Balaban J connectivity index is 1.90. The van der Waals surface area contributed by atoms with Crippen LogP contribution in [0.1, 0.15) is 11.1 Å². The van der Waals surface area contributed by atoms with Gasteiger partial charge in [0.25, 0.3) is 0 Å². The molecule has 0 aliphatic heterocycles. The van der Waals surface area contributed by atoms with Gasteiger partial charge in [0, 0.05) is 10.2 Å². The Morgan fingerprint density at radius 3 is 2.76 bits per heavy atom. The topological polar surface area (TPSA) is 105 Å². The average molecular weight is 422 g/mol. The van der Waals surface area contributed by atoms with Crippen LogP contribution in [-0.2, 0) is 5.75 Å². The Hall–Kier alpha value is -2.51. The highest BCUT2D eigenvalue weighted by molar-refractivity contribution is 9.10. The van der Waals surface area contributed by atoms with Crippen molar-refractivity contribution >= 4 is 33.3 Å². The Labute approximate surface area is 154 Å². The molecule has 0 saturated heterocycles. The van der Waals surface area contributed by atoms with Gasteiger partial charge < -0.3 is 9.47 Å². The highest BCUT2D eigenvalue weighted by atomic mass is 79.9. The van der Waals surface area contributed by atoms with Crippen molar-refractivity contribution in [1.82, 2.24) is 19.6 Å². The molecule has 3 rings (SSSR count). The minimum absolute atomic E-state index is 0.236. The zero-order valence-corrected chi connectivity index (χ0v) is 15.6. The maximum atomic E-state index is 12.0.